The fourth-order valence-corrected chi connectivity index (χ4v) is 6.91. The largest absolute Gasteiger partial charge is 0.351 e. The van der Waals surface area contributed by atoms with Gasteiger partial charge in [-0.15, -0.1) is 22.7 Å². The molecule has 1 aliphatic heterocycles. The number of fused-ring (bicyclic) bond motifs is 4. The molecule has 0 spiro atoms. The van der Waals surface area contributed by atoms with Crippen LogP contribution in [0.15, 0.2) is 53.6 Å². The molecule has 4 aromatic rings. The zero-order valence-electron chi connectivity index (χ0n) is 25.8. The van der Waals surface area contributed by atoms with Crippen LogP contribution < -0.4 is 16.0 Å². The molecule has 4 N–H and O–H groups in total. The zero-order valence-corrected chi connectivity index (χ0v) is 27.5. The maximum Gasteiger partial charge on any atom is 0.271 e. The summed E-state index contributed by atoms with van der Waals surface area (Å²) in [5.41, 5.74) is 1.89. The second-order valence-corrected chi connectivity index (χ2v) is 13.4. The number of aromatic nitrogens is 4. The molecular formula is C32H38N8O4S2. The second kappa shape index (κ2) is 15.7. The standard InChI is InChI=1S/C32H38N8O4S2/c1-20(2)14-22-30-39-26(18-46-30)29(43)37-23(15-21-8-4-3-5-9-21)31-38-25(17-45-31)28(42)34-11-7-13-40(12-6-10-27(41)36-22)32(44)24-16-33-19-35-24/h3-5,8-9,16-20,22-23H,6-7,10-15H2,1-2H3,(H,33,35)(H,34,42)(H,36,41)(H,37,43)/t22-,23-/m0/s1. The van der Waals surface area contributed by atoms with Crippen LogP contribution in [0, 0.1) is 5.92 Å². The smallest absolute Gasteiger partial charge is 0.271 e. The van der Waals surface area contributed by atoms with Gasteiger partial charge in [-0.1, -0.05) is 44.2 Å². The van der Waals surface area contributed by atoms with Gasteiger partial charge < -0.3 is 25.8 Å². The van der Waals surface area contributed by atoms with Crippen molar-refractivity contribution >= 4 is 46.3 Å². The average molecular weight is 663 g/mol. The number of H-pyrrole nitrogens is 1. The van der Waals surface area contributed by atoms with E-state index >= 15 is 0 Å². The topological polar surface area (TPSA) is 162 Å². The molecule has 0 fully saturated rings. The highest BCUT2D eigenvalue weighted by Crippen LogP contribution is 2.27. The first-order valence-electron chi connectivity index (χ1n) is 15.4. The Morgan fingerprint density at radius 3 is 2.33 bits per heavy atom. The first-order chi connectivity index (χ1) is 22.3. The minimum absolute atomic E-state index is 0.152. The van der Waals surface area contributed by atoms with E-state index in [4.69, 9.17) is 0 Å². The van der Waals surface area contributed by atoms with Gasteiger partial charge in [-0.05, 0) is 37.2 Å². The normalized spacial score (nSPS) is 18.8. The Bertz CT molecular complexity index is 1620. The van der Waals surface area contributed by atoms with Gasteiger partial charge in [0, 0.05) is 36.8 Å². The molecule has 4 heterocycles. The molecule has 14 heteroatoms. The summed E-state index contributed by atoms with van der Waals surface area (Å²) in [6.45, 7) is 5.20. The van der Waals surface area contributed by atoms with Crippen LogP contribution in [0.2, 0.25) is 0 Å². The maximum atomic E-state index is 13.5. The summed E-state index contributed by atoms with van der Waals surface area (Å²) >= 11 is 2.64. The van der Waals surface area contributed by atoms with Crippen LogP contribution in [0.5, 0.6) is 0 Å². The molecule has 0 aliphatic carbocycles. The van der Waals surface area contributed by atoms with Gasteiger partial charge in [0.25, 0.3) is 17.7 Å². The van der Waals surface area contributed by atoms with Gasteiger partial charge in [0.05, 0.1) is 24.6 Å². The van der Waals surface area contributed by atoms with Crippen molar-refractivity contribution in [2.75, 3.05) is 19.6 Å². The van der Waals surface area contributed by atoms with E-state index < -0.39 is 6.04 Å². The Labute approximate surface area is 275 Å². The Kier molecular flexibility index (Phi) is 11.3. The summed E-state index contributed by atoms with van der Waals surface area (Å²) in [4.78, 5) is 70.5. The van der Waals surface area contributed by atoms with Crippen molar-refractivity contribution in [3.8, 4) is 0 Å². The molecule has 46 heavy (non-hydrogen) atoms. The van der Waals surface area contributed by atoms with Crippen molar-refractivity contribution < 1.29 is 19.2 Å². The molecule has 0 unspecified atom stereocenters. The van der Waals surface area contributed by atoms with Crippen LogP contribution in [0.4, 0.5) is 0 Å². The van der Waals surface area contributed by atoms with Gasteiger partial charge >= 0.3 is 0 Å². The molecule has 3 aromatic heterocycles. The van der Waals surface area contributed by atoms with Crippen LogP contribution in [0.1, 0.15) is 98.7 Å². The van der Waals surface area contributed by atoms with E-state index in [-0.39, 0.29) is 53.4 Å². The van der Waals surface area contributed by atoms with E-state index in [1.54, 1.807) is 15.7 Å². The molecule has 5 rings (SSSR count). The third-order valence-electron chi connectivity index (χ3n) is 7.47. The monoisotopic (exact) mass is 662 g/mol. The van der Waals surface area contributed by atoms with E-state index in [1.807, 2.05) is 30.3 Å². The quantitative estimate of drug-likeness (QED) is 0.248. The fourth-order valence-electron chi connectivity index (χ4n) is 5.20. The number of rotatable bonds is 5. The summed E-state index contributed by atoms with van der Waals surface area (Å²) in [5, 5.41) is 13.7. The van der Waals surface area contributed by atoms with E-state index in [0.717, 1.165) is 5.56 Å². The minimum Gasteiger partial charge on any atom is -0.351 e. The van der Waals surface area contributed by atoms with Crippen LogP contribution in [-0.2, 0) is 11.2 Å². The Balaban J connectivity index is 1.41. The molecule has 0 radical (unpaired) electrons. The van der Waals surface area contributed by atoms with Crippen molar-refractivity contribution in [1.82, 2.24) is 40.8 Å². The summed E-state index contributed by atoms with van der Waals surface area (Å²) < 4.78 is 0. The van der Waals surface area contributed by atoms with Crippen molar-refractivity contribution in [2.24, 2.45) is 5.92 Å². The molecule has 12 nitrogen and oxygen atoms in total. The van der Waals surface area contributed by atoms with E-state index in [0.29, 0.717) is 61.0 Å². The number of imidazole rings is 1. The van der Waals surface area contributed by atoms with E-state index in [9.17, 15) is 19.2 Å². The third-order valence-corrected chi connectivity index (χ3v) is 9.39. The predicted molar refractivity (Wildman–Crippen MR) is 176 cm³/mol. The SMILES string of the molecule is CC(C)C[C@@H]1NC(=O)CCCN(C(=O)c2cnc[nH]2)CCCNC(=O)c2csc(n2)[C@H](Cc2ccccc2)NC(=O)c2csc1n2. The Hall–Kier alpha value is -4.43. The van der Waals surface area contributed by atoms with Crippen LogP contribution in [0.25, 0.3) is 0 Å². The highest BCUT2D eigenvalue weighted by atomic mass is 32.1. The number of benzene rings is 1. The molecule has 0 saturated heterocycles. The summed E-state index contributed by atoms with van der Waals surface area (Å²) in [5.74, 6) is -0.787. The maximum absolute atomic E-state index is 13.5. The molecule has 0 saturated carbocycles. The third kappa shape index (κ3) is 8.85. The van der Waals surface area contributed by atoms with Crippen molar-refractivity contribution in [3.63, 3.8) is 0 Å². The fraction of sp³-hybridized carbons (Fsp3) is 0.406. The van der Waals surface area contributed by atoms with Gasteiger partial charge in [-0.2, -0.15) is 0 Å². The zero-order chi connectivity index (χ0) is 32.5. The lowest BCUT2D eigenvalue weighted by atomic mass is 10.0. The second-order valence-electron chi connectivity index (χ2n) is 11.6. The number of carbonyl (C=O) groups excluding carboxylic acids is 4. The summed E-state index contributed by atoms with van der Waals surface area (Å²) in [6, 6.07) is 8.92. The van der Waals surface area contributed by atoms with Crippen LogP contribution in [0.3, 0.4) is 0 Å². The molecule has 4 bridgehead atoms. The number of nitrogens with zero attached hydrogens (tertiary/aromatic N) is 4. The Morgan fingerprint density at radius 2 is 1.63 bits per heavy atom. The number of amides is 4. The minimum atomic E-state index is -0.492. The number of hydrogen-bond donors (Lipinski definition) is 4. The summed E-state index contributed by atoms with van der Waals surface area (Å²) in [7, 11) is 0. The van der Waals surface area contributed by atoms with E-state index in [2.05, 4.69) is 49.7 Å². The van der Waals surface area contributed by atoms with Gasteiger partial charge in [0.1, 0.15) is 27.1 Å². The number of aromatic amines is 1. The lowest BCUT2D eigenvalue weighted by molar-refractivity contribution is -0.122. The highest BCUT2D eigenvalue weighted by molar-refractivity contribution is 7.10. The lowest BCUT2D eigenvalue weighted by Crippen LogP contribution is -2.36. The average Bonchev–Trinajstić information content (AvgIpc) is 3.83. The van der Waals surface area contributed by atoms with Gasteiger partial charge in [-0.25, -0.2) is 15.0 Å². The summed E-state index contributed by atoms with van der Waals surface area (Å²) in [6.07, 6.45) is 5.22. The highest BCUT2D eigenvalue weighted by Gasteiger charge is 2.26. The van der Waals surface area contributed by atoms with Gasteiger partial charge in [0.15, 0.2) is 0 Å². The number of nitrogens with one attached hydrogen (secondary N) is 4. The number of carbonyl (C=O) groups is 4. The first-order valence-corrected chi connectivity index (χ1v) is 17.1. The molecular weight excluding hydrogens is 625 g/mol. The van der Waals surface area contributed by atoms with Crippen molar-refractivity contribution in [2.45, 2.75) is 58.0 Å². The van der Waals surface area contributed by atoms with Crippen LogP contribution in [-0.4, -0.2) is 68.1 Å². The lowest BCUT2D eigenvalue weighted by Gasteiger charge is -2.23. The first kappa shape index (κ1) is 32.9. The molecule has 1 aliphatic rings. The number of hydrogen-bond acceptors (Lipinski definition) is 9. The van der Waals surface area contributed by atoms with Gasteiger partial charge in [-0.3, -0.25) is 19.2 Å². The number of thiazole rings is 2. The van der Waals surface area contributed by atoms with Crippen molar-refractivity contribution in [3.05, 3.63) is 86.3 Å². The molecule has 1 aromatic carbocycles. The van der Waals surface area contributed by atoms with Crippen molar-refractivity contribution in [1.29, 1.82) is 0 Å². The molecule has 4 amide bonds. The van der Waals surface area contributed by atoms with Gasteiger partial charge in [0.2, 0.25) is 5.91 Å². The van der Waals surface area contributed by atoms with E-state index in [1.165, 1.54) is 35.2 Å². The van der Waals surface area contributed by atoms with Crippen LogP contribution >= 0.6 is 22.7 Å². The Morgan fingerprint density at radius 1 is 0.935 bits per heavy atom. The predicted octanol–water partition coefficient (Wildman–Crippen LogP) is 4.30. The molecule has 242 valence electrons. The molecule has 2 atom stereocenters.